The fourth-order valence-electron chi connectivity index (χ4n) is 2.87. The highest BCUT2D eigenvalue weighted by Crippen LogP contribution is 2.27. The van der Waals surface area contributed by atoms with E-state index in [0.717, 1.165) is 11.1 Å². The van der Waals surface area contributed by atoms with Crippen LogP contribution in [0, 0.1) is 5.82 Å². The minimum absolute atomic E-state index is 0.142. The van der Waals surface area contributed by atoms with Gasteiger partial charge in [-0.2, -0.15) is 0 Å². The third-order valence-corrected chi connectivity index (χ3v) is 4.13. The molecule has 0 aliphatic heterocycles. The summed E-state index contributed by atoms with van der Waals surface area (Å²) in [6.45, 7) is 0. The first-order chi connectivity index (χ1) is 12.1. The van der Waals surface area contributed by atoms with E-state index in [4.69, 9.17) is 0 Å². The number of benzene rings is 2. The van der Waals surface area contributed by atoms with E-state index < -0.39 is 0 Å². The van der Waals surface area contributed by atoms with Crippen LogP contribution in [0.4, 0.5) is 4.39 Å². The summed E-state index contributed by atoms with van der Waals surface area (Å²) >= 11 is 0. The molecule has 0 aliphatic carbocycles. The van der Waals surface area contributed by atoms with Gasteiger partial charge in [-0.1, -0.05) is 30.3 Å². The van der Waals surface area contributed by atoms with E-state index >= 15 is 0 Å². The lowest BCUT2D eigenvalue weighted by molar-refractivity contribution is 0.104. The van der Waals surface area contributed by atoms with Gasteiger partial charge in [-0.25, -0.2) is 9.37 Å². The van der Waals surface area contributed by atoms with Gasteiger partial charge in [-0.05, 0) is 35.4 Å². The van der Waals surface area contributed by atoms with E-state index in [-0.39, 0.29) is 17.5 Å². The third kappa shape index (κ3) is 2.65. The monoisotopic (exact) mass is 332 g/mol. The topological polar surface area (TPSA) is 66.0 Å². The molecule has 2 heterocycles. The van der Waals surface area contributed by atoms with Crippen LogP contribution in [0.15, 0.2) is 67.0 Å². The van der Waals surface area contributed by atoms with E-state index in [9.17, 15) is 14.3 Å². The number of ketones is 1. The number of carbonyl (C=O) groups excluding carboxylic acids is 1. The van der Waals surface area contributed by atoms with Gasteiger partial charge in [-0.15, -0.1) is 0 Å². The van der Waals surface area contributed by atoms with Gasteiger partial charge in [0, 0.05) is 28.9 Å². The highest BCUT2D eigenvalue weighted by molar-refractivity contribution is 6.17. The lowest BCUT2D eigenvalue weighted by Crippen LogP contribution is -2.00. The molecule has 0 spiro atoms. The molecule has 4 rings (SSSR count). The van der Waals surface area contributed by atoms with Crippen molar-refractivity contribution in [1.29, 1.82) is 0 Å². The van der Waals surface area contributed by atoms with Gasteiger partial charge in [0.15, 0.2) is 5.78 Å². The van der Waals surface area contributed by atoms with Gasteiger partial charge < -0.3 is 10.1 Å². The normalized spacial score (nSPS) is 10.9. The van der Waals surface area contributed by atoms with Crippen molar-refractivity contribution in [3.8, 4) is 17.0 Å². The van der Waals surface area contributed by atoms with E-state index in [1.807, 2.05) is 6.07 Å². The summed E-state index contributed by atoms with van der Waals surface area (Å²) in [5.74, 6) is -0.611. The predicted octanol–water partition coefficient (Wildman–Crippen LogP) is 4.31. The Bertz CT molecular complexity index is 1080. The molecule has 0 aliphatic rings. The Morgan fingerprint density at radius 1 is 1.04 bits per heavy atom. The molecule has 2 aromatic heterocycles. The van der Waals surface area contributed by atoms with Crippen LogP contribution >= 0.6 is 0 Å². The predicted molar refractivity (Wildman–Crippen MR) is 93.0 cm³/mol. The fraction of sp³-hybridized carbons (Fsp3) is 0. The number of hydrogen-bond donors (Lipinski definition) is 2. The number of pyridine rings is 1. The summed E-state index contributed by atoms with van der Waals surface area (Å²) < 4.78 is 13.1. The van der Waals surface area contributed by atoms with Crippen molar-refractivity contribution in [2.75, 3.05) is 0 Å². The first-order valence-corrected chi connectivity index (χ1v) is 7.69. The number of nitrogens with zero attached hydrogens (tertiary/aromatic N) is 1. The highest BCUT2D eigenvalue weighted by Gasteiger charge is 2.16. The van der Waals surface area contributed by atoms with Gasteiger partial charge >= 0.3 is 0 Å². The summed E-state index contributed by atoms with van der Waals surface area (Å²) in [7, 11) is 0. The van der Waals surface area contributed by atoms with Crippen LogP contribution in [0.2, 0.25) is 0 Å². The Hall–Kier alpha value is -3.47. The highest BCUT2D eigenvalue weighted by atomic mass is 19.1. The number of halogens is 1. The van der Waals surface area contributed by atoms with E-state index in [1.54, 1.807) is 42.6 Å². The average Bonchev–Trinajstić information content (AvgIpc) is 3.07. The average molecular weight is 332 g/mol. The van der Waals surface area contributed by atoms with Crippen LogP contribution in [-0.4, -0.2) is 20.9 Å². The molecule has 2 aromatic carbocycles. The van der Waals surface area contributed by atoms with Gasteiger partial charge in [0.1, 0.15) is 11.3 Å². The first-order valence-electron chi connectivity index (χ1n) is 7.69. The summed E-state index contributed by atoms with van der Waals surface area (Å²) in [5, 5.41) is 10.4. The molecule has 0 radical (unpaired) electrons. The van der Waals surface area contributed by atoms with Crippen molar-refractivity contribution >= 4 is 16.7 Å². The molecular formula is C20H13FN2O2. The first kappa shape index (κ1) is 15.1. The Kier molecular flexibility index (Phi) is 3.54. The maximum Gasteiger partial charge on any atom is 0.235 e. The number of aromatic amines is 1. The second kappa shape index (κ2) is 5.87. The number of hydrogen-bond acceptors (Lipinski definition) is 3. The second-order valence-electron chi connectivity index (χ2n) is 5.68. The van der Waals surface area contributed by atoms with Crippen LogP contribution in [0.25, 0.3) is 22.0 Å². The molecule has 0 amide bonds. The minimum Gasteiger partial charge on any atom is -0.492 e. The van der Waals surface area contributed by atoms with Crippen LogP contribution in [0.1, 0.15) is 15.9 Å². The molecule has 122 valence electrons. The molecule has 0 atom stereocenters. The van der Waals surface area contributed by atoms with Crippen molar-refractivity contribution < 1.29 is 14.3 Å². The number of H-pyrrole nitrogens is 1. The van der Waals surface area contributed by atoms with Crippen LogP contribution < -0.4 is 0 Å². The number of carbonyl (C=O) groups is 1. The second-order valence-corrected chi connectivity index (χ2v) is 5.68. The minimum atomic E-state index is -0.303. The number of fused-ring (bicyclic) bond motifs is 1. The zero-order chi connectivity index (χ0) is 17.4. The molecule has 0 saturated heterocycles. The molecule has 4 aromatic rings. The summed E-state index contributed by atoms with van der Waals surface area (Å²) in [6, 6.07) is 15.0. The van der Waals surface area contributed by atoms with Crippen LogP contribution in [0.5, 0.6) is 5.88 Å². The molecule has 0 fully saturated rings. The summed E-state index contributed by atoms with van der Waals surface area (Å²) in [6.07, 6.45) is 3.02. The van der Waals surface area contributed by atoms with Gasteiger partial charge in [0.25, 0.3) is 0 Å². The number of rotatable bonds is 3. The quantitative estimate of drug-likeness (QED) is 0.550. The zero-order valence-electron chi connectivity index (χ0n) is 13.0. The number of aromatic hydroxyl groups is 1. The van der Waals surface area contributed by atoms with Crippen molar-refractivity contribution in [2.45, 2.75) is 0 Å². The lowest BCUT2D eigenvalue weighted by Gasteiger charge is -2.05. The third-order valence-electron chi connectivity index (χ3n) is 4.13. The van der Waals surface area contributed by atoms with E-state index in [1.165, 1.54) is 18.3 Å². The van der Waals surface area contributed by atoms with Gasteiger partial charge in [0.2, 0.25) is 5.88 Å². The molecule has 0 saturated carbocycles. The lowest BCUT2D eigenvalue weighted by atomic mass is 9.98. The SMILES string of the molecule is O=C(c1cccc(-c2ccc(F)cc2)c1)c1c[nH]c2c(O)nccc12. The smallest absolute Gasteiger partial charge is 0.235 e. The Balaban J connectivity index is 1.76. The molecule has 4 nitrogen and oxygen atoms in total. The Morgan fingerprint density at radius 2 is 1.84 bits per heavy atom. The van der Waals surface area contributed by atoms with Crippen LogP contribution in [-0.2, 0) is 0 Å². The van der Waals surface area contributed by atoms with Crippen molar-refractivity contribution in [3.05, 3.63) is 83.9 Å². The Morgan fingerprint density at radius 3 is 2.64 bits per heavy atom. The standard InChI is InChI=1S/C20H13FN2O2/c21-15-6-4-12(5-7-15)13-2-1-3-14(10-13)19(24)17-11-23-18-16(17)8-9-22-20(18)25/h1-11,23H,(H,22,25). The van der Waals surface area contributed by atoms with Crippen molar-refractivity contribution in [1.82, 2.24) is 9.97 Å². The maximum atomic E-state index is 13.1. The van der Waals surface area contributed by atoms with E-state index in [0.29, 0.717) is 22.0 Å². The van der Waals surface area contributed by atoms with Gasteiger partial charge in [-0.3, -0.25) is 4.79 Å². The molecule has 5 heteroatoms. The number of aromatic nitrogens is 2. The van der Waals surface area contributed by atoms with Crippen molar-refractivity contribution in [3.63, 3.8) is 0 Å². The summed E-state index contributed by atoms with van der Waals surface area (Å²) in [5.41, 5.74) is 3.07. The largest absolute Gasteiger partial charge is 0.492 e. The van der Waals surface area contributed by atoms with Gasteiger partial charge in [0.05, 0.1) is 0 Å². The van der Waals surface area contributed by atoms with E-state index in [2.05, 4.69) is 9.97 Å². The van der Waals surface area contributed by atoms with Crippen molar-refractivity contribution in [2.24, 2.45) is 0 Å². The molecule has 25 heavy (non-hydrogen) atoms. The Labute approximate surface area is 142 Å². The molecule has 0 unspecified atom stereocenters. The number of nitrogens with one attached hydrogen (secondary N) is 1. The van der Waals surface area contributed by atoms with Crippen LogP contribution in [0.3, 0.4) is 0 Å². The fourth-order valence-corrected chi connectivity index (χ4v) is 2.87. The molecule has 2 N–H and O–H groups in total. The molecule has 0 bridgehead atoms. The molecular weight excluding hydrogens is 319 g/mol. The summed E-state index contributed by atoms with van der Waals surface area (Å²) in [4.78, 5) is 19.6. The maximum absolute atomic E-state index is 13.1. The zero-order valence-corrected chi connectivity index (χ0v) is 13.0.